The molecule has 0 bridgehead atoms. The van der Waals surface area contributed by atoms with Gasteiger partial charge in [-0.25, -0.2) is 0 Å². The molecule has 162 valence electrons. The summed E-state index contributed by atoms with van der Waals surface area (Å²) in [5.74, 6) is -0.655. The number of ether oxygens (including phenoxy) is 1. The van der Waals surface area contributed by atoms with Crippen LogP contribution in [-0.2, 0) is 18.8 Å². The third-order valence-corrected chi connectivity index (χ3v) is 4.43. The van der Waals surface area contributed by atoms with Crippen LogP contribution in [0.5, 0.6) is 0 Å². The first kappa shape index (κ1) is 22.7. The summed E-state index contributed by atoms with van der Waals surface area (Å²) in [4.78, 5) is 35.3. The highest BCUT2D eigenvalue weighted by atomic mass is 16.6. The molecular formula is C19H26N6O5. The van der Waals surface area contributed by atoms with Gasteiger partial charge in [0, 0.05) is 38.8 Å². The number of amides is 2. The summed E-state index contributed by atoms with van der Waals surface area (Å²) in [5, 5.41) is 24.0. The number of aryl methyl sites for hydroxylation is 2. The van der Waals surface area contributed by atoms with E-state index >= 15 is 0 Å². The highest BCUT2D eigenvalue weighted by Gasteiger charge is 2.20. The third kappa shape index (κ3) is 5.69. The molecule has 0 aliphatic carbocycles. The zero-order valence-electron chi connectivity index (χ0n) is 17.4. The summed E-state index contributed by atoms with van der Waals surface area (Å²) in [6.07, 6.45) is 3.82. The average molecular weight is 418 g/mol. The van der Waals surface area contributed by atoms with Crippen LogP contribution in [0.1, 0.15) is 47.7 Å². The standard InChI is InChI=1S/C19H26N6O5/c1-5-30-17(20)7-6-12(2)21-18(26)15-8-13(10-23(15)3)22-19(27)16-9-14(25(28)29)11-24(16)4/h8-12,20H,5-7H2,1-4H3,(H,21,26)(H,22,27). The second-order valence-electron chi connectivity index (χ2n) is 6.90. The largest absolute Gasteiger partial charge is 0.481 e. The van der Waals surface area contributed by atoms with E-state index in [4.69, 9.17) is 10.1 Å². The van der Waals surface area contributed by atoms with Crippen molar-refractivity contribution >= 4 is 29.1 Å². The highest BCUT2D eigenvalue weighted by Crippen LogP contribution is 2.18. The van der Waals surface area contributed by atoms with Gasteiger partial charge in [0.25, 0.3) is 17.5 Å². The molecule has 3 N–H and O–H groups in total. The van der Waals surface area contributed by atoms with Crippen LogP contribution in [0.4, 0.5) is 11.4 Å². The molecule has 2 amide bonds. The van der Waals surface area contributed by atoms with Crippen molar-refractivity contribution in [1.29, 1.82) is 5.41 Å². The van der Waals surface area contributed by atoms with Crippen molar-refractivity contribution in [3.63, 3.8) is 0 Å². The Hall–Kier alpha value is -3.63. The molecule has 0 saturated carbocycles. The van der Waals surface area contributed by atoms with Gasteiger partial charge < -0.3 is 24.5 Å². The maximum atomic E-state index is 12.5. The van der Waals surface area contributed by atoms with Crippen molar-refractivity contribution in [1.82, 2.24) is 14.5 Å². The Bertz CT molecular complexity index is 961. The lowest BCUT2D eigenvalue weighted by atomic mass is 10.2. The van der Waals surface area contributed by atoms with E-state index in [1.807, 2.05) is 13.8 Å². The van der Waals surface area contributed by atoms with Gasteiger partial charge in [-0.15, -0.1) is 0 Å². The monoisotopic (exact) mass is 418 g/mol. The van der Waals surface area contributed by atoms with Crippen LogP contribution in [0.25, 0.3) is 0 Å². The van der Waals surface area contributed by atoms with Gasteiger partial charge in [0.2, 0.25) is 0 Å². The van der Waals surface area contributed by atoms with Crippen molar-refractivity contribution in [3.05, 3.63) is 46.0 Å². The lowest BCUT2D eigenvalue weighted by Crippen LogP contribution is -2.34. The molecule has 2 rings (SSSR count). The topological polar surface area (TPSA) is 144 Å². The first-order chi connectivity index (χ1) is 14.1. The van der Waals surface area contributed by atoms with E-state index in [2.05, 4.69) is 10.6 Å². The van der Waals surface area contributed by atoms with E-state index in [1.165, 1.54) is 22.9 Å². The van der Waals surface area contributed by atoms with Crippen LogP contribution in [0, 0.1) is 15.5 Å². The first-order valence-corrected chi connectivity index (χ1v) is 9.41. The van der Waals surface area contributed by atoms with Crippen LogP contribution in [0.15, 0.2) is 24.5 Å². The summed E-state index contributed by atoms with van der Waals surface area (Å²) in [6.45, 7) is 4.09. The molecule has 0 fully saturated rings. The van der Waals surface area contributed by atoms with Crippen molar-refractivity contribution < 1.29 is 19.2 Å². The Kier molecular flexibility index (Phi) is 7.34. The Morgan fingerprint density at radius 1 is 1.20 bits per heavy atom. The number of anilines is 1. The zero-order chi connectivity index (χ0) is 22.4. The van der Waals surface area contributed by atoms with Gasteiger partial charge in [-0.05, 0) is 26.3 Å². The fourth-order valence-electron chi connectivity index (χ4n) is 2.89. The molecule has 0 spiro atoms. The van der Waals surface area contributed by atoms with Crippen molar-refractivity contribution in [3.8, 4) is 0 Å². The number of hydrogen-bond acceptors (Lipinski definition) is 6. The Morgan fingerprint density at radius 2 is 1.83 bits per heavy atom. The molecule has 11 nitrogen and oxygen atoms in total. The SMILES string of the molecule is CCOC(=N)CCC(C)NC(=O)c1cc(NC(=O)c2cc([N+](=O)[O-])cn2C)cn1C. The van der Waals surface area contributed by atoms with E-state index < -0.39 is 10.8 Å². The number of carbonyl (C=O) groups is 2. The summed E-state index contributed by atoms with van der Waals surface area (Å²) >= 11 is 0. The molecule has 1 atom stereocenters. The Balaban J connectivity index is 2.00. The fraction of sp³-hybridized carbons (Fsp3) is 0.421. The normalized spacial score (nSPS) is 11.6. The highest BCUT2D eigenvalue weighted by molar-refractivity contribution is 6.04. The molecule has 0 aliphatic heterocycles. The van der Waals surface area contributed by atoms with E-state index in [-0.39, 0.29) is 29.2 Å². The number of rotatable bonds is 9. The maximum Gasteiger partial charge on any atom is 0.287 e. The number of nitro groups is 1. The van der Waals surface area contributed by atoms with Gasteiger partial charge >= 0.3 is 0 Å². The van der Waals surface area contributed by atoms with Gasteiger partial charge in [0.1, 0.15) is 11.4 Å². The molecule has 30 heavy (non-hydrogen) atoms. The first-order valence-electron chi connectivity index (χ1n) is 9.41. The number of nitrogens with one attached hydrogen (secondary N) is 3. The molecule has 2 heterocycles. The van der Waals surface area contributed by atoms with Crippen molar-refractivity contribution in [2.24, 2.45) is 14.1 Å². The molecule has 2 aromatic heterocycles. The summed E-state index contributed by atoms with van der Waals surface area (Å²) < 4.78 is 8.03. The van der Waals surface area contributed by atoms with Gasteiger partial charge in [-0.2, -0.15) is 0 Å². The molecule has 1 unspecified atom stereocenters. The van der Waals surface area contributed by atoms with Crippen molar-refractivity contribution in [2.75, 3.05) is 11.9 Å². The van der Waals surface area contributed by atoms with Crippen LogP contribution in [0.2, 0.25) is 0 Å². The number of carbonyl (C=O) groups excluding carboxylic acids is 2. The van der Waals surface area contributed by atoms with Crippen LogP contribution in [-0.4, -0.2) is 44.4 Å². The van der Waals surface area contributed by atoms with Crippen molar-refractivity contribution in [2.45, 2.75) is 32.7 Å². The smallest absolute Gasteiger partial charge is 0.287 e. The van der Waals surface area contributed by atoms with Gasteiger partial charge in [-0.1, -0.05) is 0 Å². The van der Waals surface area contributed by atoms with Crippen LogP contribution < -0.4 is 10.6 Å². The molecule has 11 heteroatoms. The third-order valence-electron chi connectivity index (χ3n) is 4.43. The number of hydrogen-bond donors (Lipinski definition) is 3. The van der Waals surface area contributed by atoms with E-state index in [0.29, 0.717) is 30.8 Å². The van der Waals surface area contributed by atoms with Gasteiger partial charge in [-0.3, -0.25) is 25.1 Å². The number of aromatic nitrogens is 2. The van der Waals surface area contributed by atoms with Crippen LogP contribution >= 0.6 is 0 Å². The minimum atomic E-state index is -0.571. The predicted molar refractivity (Wildman–Crippen MR) is 111 cm³/mol. The molecular weight excluding hydrogens is 392 g/mol. The van der Waals surface area contributed by atoms with Gasteiger partial charge in [0.05, 0.1) is 23.4 Å². The second-order valence-corrected chi connectivity index (χ2v) is 6.90. The lowest BCUT2D eigenvalue weighted by Gasteiger charge is -2.14. The fourth-order valence-corrected chi connectivity index (χ4v) is 2.89. The summed E-state index contributed by atoms with van der Waals surface area (Å²) in [7, 11) is 3.21. The van der Waals surface area contributed by atoms with E-state index in [0.717, 1.165) is 0 Å². The molecule has 2 aromatic rings. The Morgan fingerprint density at radius 3 is 2.43 bits per heavy atom. The lowest BCUT2D eigenvalue weighted by molar-refractivity contribution is -0.384. The van der Waals surface area contributed by atoms with E-state index in [9.17, 15) is 19.7 Å². The minimum absolute atomic E-state index is 0.127. The predicted octanol–water partition coefficient (Wildman–Crippen LogP) is 2.44. The summed E-state index contributed by atoms with van der Waals surface area (Å²) in [5.41, 5.74) is 0.682. The maximum absolute atomic E-state index is 12.5. The second kappa shape index (κ2) is 9.72. The minimum Gasteiger partial charge on any atom is -0.481 e. The quantitative estimate of drug-likeness (QED) is 0.248. The molecule has 0 radical (unpaired) electrons. The zero-order valence-corrected chi connectivity index (χ0v) is 17.4. The molecule has 0 aromatic carbocycles. The Labute approximate surface area is 173 Å². The average Bonchev–Trinajstić information content (AvgIpc) is 3.23. The molecule has 0 aliphatic rings. The molecule has 0 saturated heterocycles. The van der Waals surface area contributed by atoms with Crippen LogP contribution in [0.3, 0.4) is 0 Å². The number of nitrogens with zero attached hydrogens (tertiary/aromatic N) is 3. The van der Waals surface area contributed by atoms with Gasteiger partial charge in [0.15, 0.2) is 5.90 Å². The summed E-state index contributed by atoms with van der Waals surface area (Å²) in [6, 6.07) is 2.54. The van der Waals surface area contributed by atoms with E-state index in [1.54, 1.807) is 24.9 Å².